The highest BCUT2D eigenvalue weighted by molar-refractivity contribution is 5.88. The average Bonchev–Trinajstić information content (AvgIpc) is 2.92. The van der Waals surface area contributed by atoms with Gasteiger partial charge in [-0.3, -0.25) is 5.10 Å². The van der Waals surface area contributed by atoms with Crippen molar-refractivity contribution < 1.29 is 0 Å². The highest BCUT2D eigenvalue weighted by atomic mass is 15.3. The molecule has 2 aromatic heterocycles. The Hall–Kier alpha value is -2.42. The summed E-state index contributed by atoms with van der Waals surface area (Å²) in [7, 11) is 0. The molecule has 0 aliphatic carbocycles. The summed E-state index contributed by atoms with van der Waals surface area (Å²) < 4.78 is 2.09. The van der Waals surface area contributed by atoms with Gasteiger partial charge in [0.05, 0.1) is 11.3 Å². The van der Waals surface area contributed by atoms with E-state index >= 15 is 0 Å². The lowest BCUT2D eigenvalue weighted by Crippen LogP contribution is -2.05. The number of hydrogen-bond donors (Lipinski definition) is 1. The number of allylic oxidation sites excluding steroid dienone is 1. The molecular weight excluding hydrogens is 264 g/mol. The number of nitriles is 1. The van der Waals surface area contributed by atoms with Crippen LogP contribution in [-0.4, -0.2) is 25.0 Å². The van der Waals surface area contributed by atoms with Crippen molar-refractivity contribution in [2.45, 2.75) is 46.1 Å². The van der Waals surface area contributed by atoms with Gasteiger partial charge in [0.2, 0.25) is 0 Å². The number of nitrogens with one attached hydrogen (secondary N) is 1. The molecule has 0 aromatic carbocycles. The SMILES string of the molecule is Cc1n[nH]c(C)c1/C=C(\C#N)c1nnc2n1CCCCC2. The monoisotopic (exact) mass is 282 g/mol. The van der Waals surface area contributed by atoms with Crippen molar-refractivity contribution in [2.24, 2.45) is 0 Å². The summed E-state index contributed by atoms with van der Waals surface area (Å²) in [5.74, 6) is 1.67. The lowest BCUT2D eigenvalue weighted by molar-refractivity contribution is 0.627. The van der Waals surface area contributed by atoms with E-state index in [1.165, 1.54) is 6.42 Å². The molecule has 108 valence electrons. The van der Waals surface area contributed by atoms with E-state index in [9.17, 15) is 5.26 Å². The molecule has 21 heavy (non-hydrogen) atoms. The van der Waals surface area contributed by atoms with Crippen molar-refractivity contribution in [1.29, 1.82) is 5.26 Å². The predicted molar refractivity (Wildman–Crippen MR) is 79.1 cm³/mol. The molecule has 0 atom stereocenters. The van der Waals surface area contributed by atoms with Gasteiger partial charge in [-0.25, -0.2) is 0 Å². The number of nitrogens with zero attached hydrogens (tertiary/aromatic N) is 5. The van der Waals surface area contributed by atoms with Gasteiger partial charge in [0.1, 0.15) is 11.9 Å². The topological polar surface area (TPSA) is 83.2 Å². The van der Waals surface area contributed by atoms with Gasteiger partial charge in [0.25, 0.3) is 0 Å². The van der Waals surface area contributed by atoms with Crippen molar-refractivity contribution in [2.75, 3.05) is 0 Å². The molecule has 0 saturated heterocycles. The van der Waals surface area contributed by atoms with E-state index in [0.29, 0.717) is 11.4 Å². The number of rotatable bonds is 2. The normalized spacial score (nSPS) is 15.4. The molecule has 2 aromatic rings. The van der Waals surface area contributed by atoms with E-state index in [1.54, 1.807) is 0 Å². The number of aromatic nitrogens is 5. The summed E-state index contributed by atoms with van der Waals surface area (Å²) in [6.45, 7) is 4.76. The molecule has 0 radical (unpaired) electrons. The van der Waals surface area contributed by atoms with E-state index in [4.69, 9.17) is 0 Å². The van der Waals surface area contributed by atoms with E-state index < -0.39 is 0 Å². The first-order valence-electron chi connectivity index (χ1n) is 7.26. The summed E-state index contributed by atoms with van der Waals surface area (Å²) in [5, 5.41) is 25.1. The number of H-pyrrole nitrogens is 1. The van der Waals surface area contributed by atoms with Crippen LogP contribution < -0.4 is 0 Å². The molecule has 0 bridgehead atoms. The van der Waals surface area contributed by atoms with Crippen LogP contribution in [0.2, 0.25) is 0 Å². The molecule has 1 aliphatic rings. The van der Waals surface area contributed by atoms with Crippen molar-refractivity contribution >= 4 is 11.6 Å². The summed E-state index contributed by atoms with van der Waals surface area (Å²) in [6, 6.07) is 2.26. The third-order valence-corrected chi connectivity index (χ3v) is 3.94. The second-order valence-corrected chi connectivity index (χ2v) is 5.42. The Morgan fingerprint density at radius 3 is 2.86 bits per heavy atom. The molecule has 1 aliphatic heterocycles. The van der Waals surface area contributed by atoms with Crippen LogP contribution in [0.1, 0.15) is 47.9 Å². The highest BCUT2D eigenvalue weighted by Crippen LogP contribution is 2.22. The quantitative estimate of drug-likeness (QED) is 0.857. The molecule has 0 unspecified atom stereocenters. The fourth-order valence-corrected chi connectivity index (χ4v) is 2.75. The van der Waals surface area contributed by atoms with Crippen LogP contribution in [0, 0.1) is 25.2 Å². The molecule has 0 saturated carbocycles. The van der Waals surface area contributed by atoms with Gasteiger partial charge >= 0.3 is 0 Å². The highest BCUT2D eigenvalue weighted by Gasteiger charge is 2.18. The van der Waals surface area contributed by atoms with Gasteiger partial charge in [-0.05, 0) is 32.8 Å². The molecule has 3 rings (SSSR count). The van der Waals surface area contributed by atoms with Crippen LogP contribution in [0.5, 0.6) is 0 Å². The van der Waals surface area contributed by atoms with E-state index in [2.05, 4.69) is 31.0 Å². The zero-order valence-electron chi connectivity index (χ0n) is 12.3. The summed E-state index contributed by atoms with van der Waals surface area (Å²) in [6.07, 6.45) is 6.25. The van der Waals surface area contributed by atoms with Crippen LogP contribution >= 0.6 is 0 Å². The smallest absolute Gasteiger partial charge is 0.174 e. The lowest BCUT2D eigenvalue weighted by Gasteiger charge is -2.05. The molecule has 3 heterocycles. The minimum absolute atomic E-state index is 0.545. The van der Waals surface area contributed by atoms with Gasteiger partial charge in [0, 0.05) is 24.2 Å². The number of hydrogen-bond acceptors (Lipinski definition) is 4. The van der Waals surface area contributed by atoms with Gasteiger partial charge in [-0.1, -0.05) is 6.42 Å². The number of aromatic amines is 1. The maximum atomic E-state index is 9.52. The second kappa shape index (κ2) is 5.52. The lowest BCUT2D eigenvalue weighted by atomic mass is 10.1. The van der Waals surface area contributed by atoms with Crippen LogP contribution in [0.25, 0.3) is 11.6 Å². The molecule has 6 heteroatoms. The fourth-order valence-electron chi connectivity index (χ4n) is 2.75. The third-order valence-electron chi connectivity index (χ3n) is 3.94. The van der Waals surface area contributed by atoms with Crippen molar-refractivity contribution in [3.8, 4) is 6.07 Å². The summed E-state index contributed by atoms with van der Waals surface area (Å²) in [4.78, 5) is 0. The molecule has 6 nitrogen and oxygen atoms in total. The Kier molecular flexibility index (Phi) is 3.57. The minimum atomic E-state index is 0.545. The number of fused-ring (bicyclic) bond motifs is 1. The molecule has 0 spiro atoms. The summed E-state index contributed by atoms with van der Waals surface area (Å²) in [5.41, 5.74) is 3.34. The molecule has 0 fully saturated rings. The largest absolute Gasteiger partial charge is 0.310 e. The van der Waals surface area contributed by atoms with Crippen molar-refractivity contribution in [3.05, 3.63) is 28.6 Å². The average molecular weight is 282 g/mol. The van der Waals surface area contributed by atoms with Crippen LogP contribution in [-0.2, 0) is 13.0 Å². The molecule has 0 amide bonds. The fraction of sp³-hybridized carbons (Fsp3) is 0.467. The van der Waals surface area contributed by atoms with Crippen LogP contribution in [0.3, 0.4) is 0 Å². The number of aryl methyl sites for hydroxylation is 3. The molecule has 1 N–H and O–H groups in total. The zero-order valence-corrected chi connectivity index (χ0v) is 12.3. The van der Waals surface area contributed by atoms with Crippen LogP contribution in [0.15, 0.2) is 0 Å². The third kappa shape index (κ3) is 2.47. The van der Waals surface area contributed by atoms with E-state index in [0.717, 1.165) is 48.6 Å². The minimum Gasteiger partial charge on any atom is -0.310 e. The Labute approximate surface area is 123 Å². The Morgan fingerprint density at radius 2 is 2.14 bits per heavy atom. The first-order chi connectivity index (χ1) is 10.2. The van der Waals surface area contributed by atoms with Crippen molar-refractivity contribution in [3.63, 3.8) is 0 Å². The second-order valence-electron chi connectivity index (χ2n) is 5.42. The van der Waals surface area contributed by atoms with E-state index in [-0.39, 0.29) is 0 Å². The van der Waals surface area contributed by atoms with Crippen LogP contribution in [0.4, 0.5) is 0 Å². The van der Waals surface area contributed by atoms with Crippen molar-refractivity contribution in [1.82, 2.24) is 25.0 Å². The van der Waals surface area contributed by atoms with E-state index in [1.807, 2.05) is 19.9 Å². The standard InChI is InChI=1S/C15H18N6/c1-10-13(11(2)18-17-10)8-12(9-16)15-20-19-14-6-4-3-5-7-21(14)15/h8H,3-7H2,1-2H3,(H,17,18)/b12-8+. The first-order valence-corrected chi connectivity index (χ1v) is 7.26. The maximum absolute atomic E-state index is 9.52. The molecular formula is C15H18N6. The summed E-state index contributed by atoms with van der Waals surface area (Å²) >= 11 is 0. The maximum Gasteiger partial charge on any atom is 0.174 e. The zero-order chi connectivity index (χ0) is 14.8. The van der Waals surface area contributed by atoms with Gasteiger partial charge in [0.15, 0.2) is 5.82 Å². The Balaban J connectivity index is 2.06. The predicted octanol–water partition coefficient (Wildman–Crippen LogP) is 2.41. The first kappa shape index (κ1) is 13.6. The van der Waals surface area contributed by atoms with Gasteiger partial charge < -0.3 is 4.57 Å². The Bertz CT molecular complexity index is 708. The Morgan fingerprint density at radius 1 is 1.29 bits per heavy atom. The van der Waals surface area contributed by atoms with Gasteiger partial charge in [-0.2, -0.15) is 10.4 Å². The van der Waals surface area contributed by atoms with Gasteiger partial charge in [-0.15, -0.1) is 10.2 Å².